The van der Waals surface area contributed by atoms with Crippen molar-refractivity contribution < 1.29 is 4.79 Å². The zero-order valence-electron chi connectivity index (χ0n) is 26.5. The smallest absolute Gasteiger partial charge is 0.234 e. The number of nitrogens with zero attached hydrogens (tertiary/aromatic N) is 3. The highest BCUT2D eigenvalue weighted by atomic mass is 16.2. The zero-order valence-corrected chi connectivity index (χ0v) is 26.5. The number of aromatic amines is 1. The summed E-state index contributed by atoms with van der Waals surface area (Å²) >= 11 is 0. The van der Waals surface area contributed by atoms with Crippen LogP contribution in [0.1, 0.15) is 86.7 Å². The topological polar surface area (TPSA) is 73.9 Å². The number of hydrogen-bond acceptors (Lipinski definition) is 4. The summed E-state index contributed by atoms with van der Waals surface area (Å²) in [5.41, 5.74) is 8.74. The first-order valence-corrected chi connectivity index (χ1v) is 16.2. The first-order valence-electron chi connectivity index (χ1n) is 16.2. The number of aromatic nitrogens is 3. The Morgan fingerprint density at radius 1 is 1.09 bits per heavy atom. The summed E-state index contributed by atoms with van der Waals surface area (Å²) < 4.78 is 0. The quantitative estimate of drug-likeness (QED) is 0.184. The van der Waals surface area contributed by atoms with Crippen LogP contribution in [0.2, 0.25) is 0 Å². The Balaban J connectivity index is 1.25. The number of nitrogens with one attached hydrogen (secondary N) is 2. The van der Waals surface area contributed by atoms with Crippen LogP contribution in [0.4, 0.5) is 0 Å². The van der Waals surface area contributed by atoms with Crippen molar-refractivity contribution in [1.29, 1.82) is 0 Å². The fourth-order valence-corrected chi connectivity index (χ4v) is 7.51. The van der Waals surface area contributed by atoms with Crippen LogP contribution in [0.25, 0.3) is 22.2 Å². The Morgan fingerprint density at radius 3 is 2.56 bits per heavy atom. The van der Waals surface area contributed by atoms with Crippen LogP contribution in [0.3, 0.4) is 0 Å². The molecule has 0 radical (unpaired) electrons. The number of piperidine rings is 1. The lowest BCUT2D eigenvalue weighted by Gasteiger charge is -2.34. The van der Waals surface area contributed by atoms with Gasteiger partial charge in [0.25, 0.3) is 0 Å². The lowest BCUT2D eigenvalue weighted by molar-refractivity contribution is -0.138. The molecular formula is C37H47N5O. The van der Waals surface area contributed by atoms with Crippen LogP contribution >= 0.6 is 0 Å². The van der Waals surface area contributed by atoms with Crippen molar-refractivity contribution in [2.45, 2.75) is 90.5 Å². The molecule has 1 amide bonds. The van der Waals surface area contributed by atoms with Crippen LogP contribution < -0.4 is 5.32 Å². The molecular weight excluding hydrogens is 530 g/mol. The van der Waals surface area contributed by atoms with E-state index < -0.39 is 5.41 Å². The van der Waals surface area contributed by atoms with Gasteiger partial charge in [0.2, 0.25) is 5.91 Å². The molecule has 0 spiro atoms. The number of unbranched alkanes of at least 4 members (excludes halogenated alkanes) is 1. The van der Waals surface area contributed by atoms with Gasteiger partial charge in [-0.2, -0.15) is 0 Å². The summed E-state index contributed by atoms with van der Waals surface area (Å²) in [5.74, 6) is 1.17. The van der Waals surface area contributed by atoms with Crippen molar-refractivity contribution in [3.63, 3.8) is 0 Å². The van der Waals surface area contributed by atoms with Gasteiger partial charge in [0.05, 0.1) is 28.5 Å². The molecule has 1 aliphatic carbocycles. The SMILES string of the molecule is Cc1cc(C)cc(-c2[nH]c3cnc(C(C)(C)C(=O)N4CC5CCC4C5)cc3c2[C@H](C)CNCCCCc2ccncc2)c1. The molecule has 3 aromatic heterocycles. The first kappa shape index (κ1) is 29.6. The minimum atomic E-state index is -0.677. The van der Waals surface area contributed by atoms with E-state index in [1.165, 1.54) is 46.0 Å². The molecule has 6 rings (SSSR count). The molecule has 1 saturated carbocycles. The average molecular weight is 578 g/mol. The Kier molecular flexibility index (Phi) is 8.41. The third kappa shape index (κ3) is 6.12. The van der Waals surface area contributed by atoms with Gasteiger partial charge in [-0.1, -0.05) is 24.1 Å². The molecule has 43 heavy (non-hydrogen) atoms. The van der Waals surface area contributed by atoms with E-state index in [-0.39, 0.29) is 11.8 Å². The van der Waals surface area contributed by atoms with Gasteiger partial charge in [0.1, 0.15) is 0 Å². The maximum absolute atomic E-state index is 13.9. The van der Waals surface area contributed by atoms with Gasteiger partial charge in [0.15, 0.2) is 0 Å². The Labute approximate surface area is 256 Å². The van der Waals surface area contributed by atoms with Crippen LogP contribution in [0.5, 0.6) is 0 Å². The standard InChI is InChI=1S/C37H47N5O/c1-24-16-25(2)18-29(17-24)35-34(26(3)21-39-13-7-6-8-27-11-14-38-15-12-27)31-20-33(40-22-32(31)41-35)37(4,5)36(43)42-23-28-9-10-30(42)19-28/h11-12,14-18,20,22,26,28,30,39,41H,6-10,13,19,21,23H2,1-5H3/t26-,28?,30?/m1/s1. The fraction of sp³-hybridized carbons (Fsp3) is 0.486. The maximum atomic E-state index is 13.9. The number of hydrogen-bond donors (Lipinski definition) is 2. The van der Waals surface area contributed by atoms with E-state index in [0.717, 1.165) is 62.2 Å². The number of benzene rings is 1. The molecule has 226 valence electrons. The largest absolute Gasteiger partial charge is 0.353 e. The summed E-state index contributed by atoms with van der Waals surface area (Å²) in [6.45, 7) is 13.5. The minimum Gasteiger partial charge on any atom is -0.353 e. The highest BCUT2D eigenvalue weighted by Gasteiger charge is 2.45. The van der Waals surface area contributed by atoms with E-state index in [1.807, 2.05) is 18.6 Å². The van der Waals surface area contributed by atoms with Crippen molar-refractivity contribution >= 4 is 16.8 Å². The molecule has 2 aliphatic rings. The number of aryl methyl sites for hydroxylation is 3. The highest BCUT2D eigenvalue weighted by Crippen LogP contribution is 2.41. The third-order valence-electron chi connectivity index (χ3n) is 9.84. The molecule has 4 aromatic rings. The predicted molar refractivity (Wildman–Crippen MR) is 175 cm³/mol. The molecule has 2 fully saturated rings. The van der Waals surface area contributed by atoms with Crippen molar-refractivity contribution in [3.8, 4) is 11.3 Å². The second-order valence-corrected chi connectivity index (χ2v) is 13.7. The van der Waals surface area contributed by atoms with Crippen molar-refractivity contribution in [2.75, 3.05) is 19.6 Å². The predicted octanol–water partition coefficient (Wildman–Crippen LogP) is 7.25. The summed E-state index contributed by atoms with van der Waals surface area (Å²) in [7, 11) is 0. The minimum absolute atomic E-state index is 0.222. The number of carbonyl (C=O) groups is 1. The summed E-state index contributed by atoms with van der Waals surface area (Å²) in [6, 6.07) is 13.6. The van der Waals surface area contributed by atoms with Crippen molar-refractivity contribution in [2.24, 2.45) is 5.92 Å². The number of rotatable bonds is 11. The van der Waals surface area contributed by atoms with E-state index in [2.05, 4.69) is 91.2 Å². The normalized spacial score (nSPS) is 19.0. The van der Waals surface area contributed by atoms with Crippen LogP contribution in [0, 0.1) is 19.8 Å². The van der Waals surface area contributed by atoms with Gasteiger partial charge in [-0.05, 0) is 132 Å². The Morgan fingerprint density at radius 2 is 1.86 bits per heavy atom. The van der Waals surface area contributed by atoms with E-state index >= 15 is 0 Å². The fourth-order valence-electron chi connectivity index (χ4n) is 7.51. The molecule has 4 heterocycles. The zero-order chi connectivity index (χ0) is 30.1. The van der Waals surface area contributed by atoms with Gasteiger partial charge >= 0.3 is 0 Å². The third-order valence-corrected chi connectivity index (χ3v) is 9.84. The molecule has 1 aromatic carbocycles. The van der Waals surface area contributed by atoms with E-state index in [4.69, 9.17) is 4.98 Å². The molecule has 6 heteroatoms. The van der Waals surface area contributed by atoms with Crippen LogP contribution in [-0.2, 0) is 16.6 Å². The first-order chi connectivity index (χ1) is 20.7. The van der Waals surface area contributed by atoms with Crippen molar-refractivity contribution in [3.05, 3.63) is 82.9 Å². The second kappa shape index (κ2) is 12.2. The molecule has 1 saturated heterocycles. The summed E-state index contributed by atoms with van der Waals surface area (Å²) in [6.07, 6.45) is 12.7. The Hall–Kier alpha value is -3.51. The van der Waals surface area contributed by atoms with Crippen LogP contribution in [-0.4, -0.2) is 51.4 Å². The number of carbonyl (C=O) groups excluding carboxylic acids is 1. The second-order valence-electron chi connectivity index (χ2n) is 13.7. The van der Waals surface area contributed by atoms with Crippen LogP contribution in [0.15, 0.2) is 55.0 Å². The van der Waals surface area contributed by atoms with Gasteiger partial charge < -0.3 is 15.2 Å². The number of fused-ring (bicyclic) bond motifs is 3. The molecule has 6 nitrogen and oxygen atoms in total. The van der Waals surface area contributed by atoms with E-state index in [9.17, 15) is 4.79 Å². The van der Waals surface area contributed by atoms with E-state index in [0.29, 0.717) is 12.0 Å². The lowest BCUT2D eigenvalue weighted by atomic mass is 9.85. The molecule has 2 N–H and O–H groups in total. The monoisotopic (exact) mass is 577 g/mol. The molecule has 3 atom stereocenters. The number of likely N-dealkylation sites (tertiary alicyclic amines) is 1. The number of H-pyrrole nitrogens is 1. The van der Waals surface area contributed by atoms with Gasteiger partial charge in [0, 0.05) is 36.9 Å². The average Bonchev–Trinajstić information content (AvgIpc) is 3.73. The van der Waals surface area contributed by atoms with Crippen molar-refractivity contribution in [1.82, 2.24) is 25.2 Å². The number of pyridine rings is 2. The lowest BCUT2D eigenvalue weighted by Crippen LogP contribution is -2.47. The van der Waals surface area contributed by atoms with Gasteiger partial charge in [-0.3, -0.25) is 14.8 Å². The summed E-state index contributed by atoms with van der Waals surface area (Å²) in [4.78, 5) is 28.8. The Bertz CT molecular complexity index is 1570. The molecule has 1 aliphatic heterocycles. The number of amides is 1. The molecule has 2 unspecified atom stereocenters. The molecule has 2 bridgehead atoms. The van der Waals surface area contributed by atoms with Gasteiger partial charge in [-0.25, -0.2) is 0 Å². The van der Waals surface area contributed by atoms with E-state index in [1.54, 1.807) is 0 Å². The maximum Gasteiger partial charge on any atom is 0.234 e. The highest BCUT2D eigenvalue weighted by molar-refractivity contribution is 5.93. The summed E-state index contributed by atoms with van der Waals surface area (Å²) in [5, 5.41) is 4.91. The van der Waals surface area contributed by atoms with Gasteiger partial charge in [-0.15, -0.1) is 0 Å².